The number of aryl methyl sites for hydroxylation is 1. The molecule has 0 radical (unpaired) electrons. The fourth-order valence-electron chi connectivity index (χ4n) is 4.72. The highest BCUT2D eigenvalue weighted by molar-refractivity contribution is 7.14. The highest BCUT2D eigenvalue weighted by atomic mass is 32.1. The van der Waals surface area contributed by atoms with E-state index in [0.717, 1.165) is 51.3 Å². The van der Waals surface area contributed by atoms with E-state index < -0.39 is 0 Å². The molecule has 190 valence electrons. The second-order valence-corrected chi connectivity index (χ2v) is 10.6. The SMILES string of the molecule is Cc1ccc(-n2nnc(C3=NN(c4nc(-c5ccccc5)cs4)[C@@H](c4ccc(N(C)C)cc4)C3)c2C)cc1. The van der Waals surface area contributed by atoms with Crippen LogP contribution in [-0.2, 0) is 0 Å². The van der Waals surface area contributed by atoms with E-state index >= 15 is 0 Å². The van der Waals surface area contributed by atoms with Crippen LogP contribution < -0.4 is 9.91 Å². The second-order valence-electron chi connectivity index (χ2n) is 9.75. The summed E-state index contributed by atoms with van der Waals surface area (Å²) in [4.78, 5) is 7.09. The zero-order chi connectivity index (χ0) is 26.2. The minimum Gasteiger partial charge on any atom is -0.378 e. The van der Waals surface area contributed by atoms with Crippen molar-refractivity contribution in [3.63, 3.8) is 0 Å². The maximum absolute atomic E-state index is 5.10. The Balaban J connectivity index is 1.38. The number of hydrogen-bond acceptors (Lipinski definition) is 7. The molecule has 0 saturated carbocycles. The summed E-state index contributed by atoms with van der Waals surface area (Å²) in [6, 6.07) is 27.3. The number of nitrogens with zero attached hydrogens (tertiary/aromatic N) is 7. The molecule has 1 aliphatic rings. The smallest absolute Gasteiger partial charge is 0.207 e. The van der Waals surface area contributed by atoms with Gasteiger partial charge in [-0.15, -0.1) is 16.4 Å². The lowest BCUT2D eigenvalue weighted by atomic mass is 10.00. The van der Waals surface area contributed by atoms with Gasteiger partial charge in [0.1, 0.15) is 5.69 Å². The summed E-state index contributed by atoms with van der Waals surface area (Å²) in [5, 5.41) is 19.2. The summed E-state index contributed by atoms with van der Waals surface area (Å²) in [7, 11) is 4.11. The molecule has 2 aromatic heterocycles. The minimum atomic E-state index is 0.0138. The lowest BCUT2D eigenvalue weighted by Gasteiger charge is -2.22. The van der Waals surface area contributed by atoms with Crippen LogP contribution in [0.1, 0.15) is 35.0 Å². The van der Waals surface area contributed by atoms with Gasteiger partial charge >= 0.3 is 0 Å². The molecule has 8 heteroatoms. The number of thiazole rings is 1. The summed E-state index contributed by atoms with van der Waals surface area (Å²) in [5.74, 6) is 0. The van der Waals surface area contributed by atoms with Crippen molar-refractivity contribution in [2.75, 3.05) is 24.0 Å². The molecule has 0 N–H and O–H groups in total. The first kappa shape index (κ1) is 24.1. The van der Waals surface area contributed by atoms with E-state index in [1.807, 2.05) is 22.9 Å². The monoisotopic (exact) mass is 519 g/mol. The van der Waals surface area contributed by atoms with E-state index in [1.165, 1.54) is 11.1 Å². The molecule has 7 nitrogen and oxygen atoms in total. The van der Waals surface area contributed by atoms with Crippen molar-refractivity contribution in [2.45, 2.75) is 26.3 Å². The minimum absolute atomic E-state index is 0.0138. The van der Waals surface area contributed by atoms with Gasteiger partial charge < -0.3 is 4.90 Å². The largest absolute Gasteiger partial charge is 0.378 e. The maximum Gasteiger partial charge on any atom is 0.207 e. The number of aromatic nitrogens is 4. The molecule has 5 aromatic rings. The van der Waals surface area contributed by atoms with Crippen molar-refractivity contribution in [1.29, 1.82) is 0 Å². The van der Waals surface area contributed by atoms with E-state index in [9.17, 15) is 0 Å². The maximum atomic E-state index is 5.10. The quantitative estimate of drug-likeness (QED) is 0.259. The summed E-state index contributed by atoms with van der Waals surface area (Å²) in [6.45, 7) is 4.14. The van der Waals surface area contributed by atoms with Crippen LogP contribution >= 0.6 is 11.3 Å². The van der Waals surface area contributed by atoms with Crippen molar-refractivity contribution in [2.24, 2.45) is 5.10 Å². The van der Waals surface area contributed by atoms with Crippen molar-refractivity contribution >= 4 is 27.9 Å². The Bertz CT molecular complexity index is 1580. The normalized spacial score (nSPS) is 15.1. The van der Waals surface area contributed by atoms with E-state index in [0.29, 0.717) is 0 Å². The van der Waals surface area contributed by atoms with Gasteiger partial charge in [-0.3, -0.25) is 0 Å². The molecule has 38 heavy (non-hydrogen) atoms. The van der Waals surface area contributed by atoms with E-state index in [-0.39, 0.29) is 6.04 Å². The molecule has 0 saturated heterocycles. The van der Waals surface area contributed by atoms with Crippen LogP contribution in [0.4, 0.5) is 10.8 Å². The van der Waals surface area contributed by atoms with Gasteiger partial charge in [0.2, 0.25) is 5.13 Å². The molecule has 1 atom stereocenters. The van der Waals surface area contributed by atoms with E-state index in [2.05, 4.69) is 114 Å². The fraction of sp³-hybridized carbons (Fsp3) is 0.200. The predicted molar refractivity (Wildman–Crippen MR) is 156 cm³/mol. The van der Waals surface area contributed by atoms with Gasteiger partial charge in [-0.25, -0.2) is 14.7 Å². The fourth-order valence-corrected chi connectivity index (χ4v) is 5.55. The van der Waals surface area contributed by atoms with Gasteiger partial charge in [0.15, 0.2) is 0 Å². The van der Waals surface area contributed by atoms with Crippen LogP contribution in [0.5, 0.6) is 0 Å². The lowest BCUT2D eigenvalue weighted by Crippen LogP contribution is -2.18. The lowest BCUT2D eigenvalue weighted by molar-refractivity contribution is 0.706. The Morgan fingerprint density at radius 3 is 2.34 bits per heavy atom. The molecule has 1 aliphatic heterocycles. The first-order valence-corrected chi connectivity index (χ1v) is 13.5. The van der Waals surface area contributed by atoms with Crippen LogP contribution in [0.25, 0.3) is 16.9 Å². The average Bonchev–Trinajstić information content (AvgIpc) is 3.68. The molecule has 0 aliphatic carbocycles. The van der Waals surface area contributed by atoms with Crippen LogP contribution in [0.15, 0.2) is 89.3 Å². The summed E-state index contributed by atoms with van der Waals surface area (Å²) >= 11 is 1.61. The van der Waals surface area contributed by atoms with E-state index in [1.54, 1.807) is 11.3 Å². The highest BCUT2D eigenvalue weighted by Crippen LogP contribution is 2.40. The molecule has 0 unspecified atom stereocenters. The van der Waals surface area contributed by atoms with Crippen LogP contribution in [-0.4, -0.2) is 39.8 Å². The topological polar surface area (TPSA) is 62.4 Å². The first-order valence-electron chi connectivity index (χ1n) is 12.6. The Hall–Kier alpha value is -4.30. The summed E-state index contributed by atoms with van der Waals surface area (Å²) < 4.78 is 1.89. The molecule has 0 amide bonds. The van der Waals surface area contributed by atoms with Crippen molar-refractivity contribution < 1.29 is 0 Å². The third-order valence-electron chi connectivity index (χ3n) is 6.91. The predicted octanol–water partition coefficient (Wildman–Crippen LogP) is 6.43. The molecule has 3 heterocycles. The second kappa shape index (κ2) is 9.87. The Labute approximate surface area is 226 Å². The molecule has 6 rings (SSSR count). The van der Waals surface area contributed by atoms with Gasteiger partial charge in [-0.2, -0.15) is 5.10 Å². The Morgan fingerprint density at radius 1 is 0.895 bits per heavy atom. The van der Waals surface area contributed by atoms with E-state index in [4.69, 9.17) is 10.1 Å². The molecule has 3 aromatic carbocycles. The number of benzene rings is 3. The number of anilines is 2. The van der Waals surface area contributed by atoms with Crippen LogP contribution in [0.3, 0.4) is 0 Å². The van der Waals surface area contributed by atoms with Crippen LogP contribution in [0.2, 0.25) is 0 Å². The standard InChI is InChI=1S/C30H29N7S/c1-20-10-14-25(15-11-20)36-21(2)29(32-34-36)26-18-28(23-12-16-24(17-13-23)35(3)4)37(33-26)30-31-27(19-38-30)22-8-6-5-7-9-22/h5-17,19,28H,18H2,1-4H3/t28-/m1/s1. The molecular weight excluding hydrogens is 490 g/mol. The zero-order valence-electron chi connectivity index (χ0n) is 21.9. The Kier molecular flexibility index (Phi) is 6.25. The van der Waals surface area contributed by atoms with Gasteiger partial charge in [0.05, 0.1) is 28.8 Å². The molecule has 0 spiro atoms. The zero-order valence-corrected chi connectivity index (χ0v) is 22.7. The van der Waals surface area contributed by atoms with Crippen molar-refractivity contribution in [1.82, 2.24) is 20.0 Å². The molecule has 0 bridgehead atoms. The number of rotatable bonds is 6. The number of hydrogen-bond donors (Lipinski definition) is 0. The van der Waals surface area contributed by atoms with Crippen molar-refractivity contribution in [3.8, 4) is 16.9 Å². The average molecular weight is 520 g/mol. The summed E-state index contributed by atoms with van der Waals surface area (Å²) in [6.07, 6.45) is 0.717. The highest BCUT2D eigenvalue weighted by Gasteiger charge is 2.34. The molecule has 0 fully saturated rings. The van der Waals surface area contributed by atoms with Gasteiger partial charge in [-0.05, 0) is 43.7 Å². The van der Waals surface area contributed by atoms with Crippen LogP contribution in [0, 0.1) is 13.8 Å². The molecular formula is C30H29N7S. The van der Waals surface area contributed by atoms with Gasteiger partial charge in [-0.1, -0.05) is 65.4 Å². The van der Waals surface area contributed by atoms with Gasteiger partial charge in [0, 0.05) is 37.1 Å². The van der Waals surface area contributed by atoms with Crippen molar-refractivity contribution in [3.05, 3.63) is 107 Å². The third-order valence-corrected chi connectivity index (χ3v) is 7.74. The third kappa shape index (κ3) is 4.48. The van der Waals surface area contributed by atoms with Gasteiger partial charge in [0.25, 0.3) is 0 Å². The number of hydrazone groups is 1. The Morgan fingerprint density at radius 2 is 1.63 bits per heavy atom. The summed E-state index contributed by atoms with van der Waals surface area (Å²) in [5.41, 5.74) is 9.32. The first-order chi connectivity index (χ1) is 18.5.